The zero-order valence-corrected chi connectivity index (χ0v) is 19.4. The van der Waals surface area contributed by atoms with Gasteiger partial charge in [-0.1, -0.05) is 48.2 Å². The number of carbonyl (C=O) groups is 1. The van der Waals surface area contributed by atoms with Crippen LogP contribution in [0.4, 0.5) is 5.69 Å². The summed E-state index contributed by atoms with van der Waals surface area (Å²) in [6.45, 7) is 3.01. The van der Waals surface area contributed by atoms with E-state index in [4.69, 9.17) is 4.98 Å². The average Bonchev–Trinajstić information content (AvgIpc) is 3.50. The Kier molecular flexibility index (Phi) is 5.33. The highest BCUT2D eigenvalue weighted by molar-refractivity contribution is 7.99. The van der Waals surface area contributed by atoms with Crippen molar-refractivity contribution in [2.24, 2.45) is 0 Å². The first-order valence-electron chi connectivity index (χ1n) is 11.5. The van der Waals surface area contributed by atoms with Crippen molar-refractivity contribution in [3.63, 3.8) is 0 Å². The van der Waals surface area contributed by atoms with Crippen molar-refractivity contribution >= 4 is 34.4 Å². The van der Waals surface area contributed by atoms with E-state index in [0.717, 1.165) is 18.8 Å². The molecule has 34 heavy (non-hydrogen) atoms. The zero-order chi connectivity index (χ0) is 23.1. The maximum Gasteiger partial charge on any atom is 0.265 e. The molecule has 2 aliphatic rings. The number of carbonyl (C=O) groups excluding carboxylic acids is 1. The van der Waals surface area contributed by atoms with Crippen molar-refractivity contribution in [2.45, 2.75) is 17.6 Å². The summed E-state index contributed by atoms with van der Waals surface area (Å²) in [5, 5.41) is 5.54. The van der Waals surface area contributed by atoms with E-state index in [0.29, 0.717) is 41.5 Å². The largest absolute Gasteiger partial charge is 0.368 e. The Bertz CT molecular complexity index is 1390. The Morgan fingerprint density at radius 1 is 0.941 bits per heavy atom. The lowest BCUT2D eigenvalue weighted by atomic mass is 10.1. The van der Waals surface area contributed by atoms with Crippen LogP contribution in [0.15, 0.2) is 76.8 Å². The lowest BCUT2D eigenvalue weighted by molar-refractivity contribution is -0.132. The van der Waals surface area contributed by atoms with Crippen LogP contribution in [0.5, 0.6) is 0 Å². The molecular formula is C25H24N6O2S. The van der Waals surface area contributed by atoms with E-state index < -0.39 is 0 Å². The average molecular weight is 473 g/mol. The van der Waals surface area contributed by atoms with E-state index >= 15 is 0 Å². The highest BCUT2D eigenvalue weighted by Crippen LogP contribution is 2.34. The predicted molar refractivity (Wildman–Crippen MR) is 133 cm³/mol. The number of thioether (sulfide) groups is 1. The van der Waals surface area contributed by atoms with Crippen LogP contribution in [0.2, 0.25) is 0 Å². The second-order valence-corrected chi connectivity index (χ2v) is 9.56. The highest BCUT2D eigenvalue weighted by Gasteiger charge is 2.31. The van der Waals surface area contributed by atoms with E-state index in [1.54, 1.807) is 15.4 Å². The van der Waals surface area contributed by atoms with Gasteiger partial charge in [-0.05, 0) is 24.3 Å². The molecule has 2 aliphatic heterocycles. The van der Waals surface area contributed by atoms with Crippen molar-refractivity contribution in [1.82, 2.24) is 24.2 Å². The van der Waals surface area contributed by atoms with Gasteiger partial charge >= 0.3 is 0 Å². The summed E-state index contributed by atoms with van der Waals surface area (Å²) >= 11 is 1.53. The Balaban J connectivity index is 1.19. The van der Waals surface area contributed by atoms with Crippen LogP contribution in [0, 0.1) is 0 Å². The summed E-state index contributed by atoms with van der Waals surface area (Å²) in [5.74, 6) is 0.765. The Morgan fingerprint density at radius 3 is 2.32 bits per heavy atom. The van der Waals surface area contributed by atoms with Gasteiger partial charge in [-0.3, -0.25) is 14.2 Å². The van der Waals surface area contributed by atoms with Gasteiger partial charge in [-0.25, -0.2) is 9.67 Å². The van der Waals surface area contributed by atoms with Gasteiger partial charge in [-0.15, -0.1) is 0 Å². The summed E-state index contributed by atoms with van der Waals surface area (Å²) in [6.07, 6.45) is 1.89. The lowest BCUT2D eigenvalue weighted by Gasteiger charge is -2.36. The Hall–Kier alpha value is -3.59. The van der Waals surface area contributed by atoms with Gasteiger partial charge in [0.2, 0.25) is 5.91 Å². The van der Waals surface area contributed by atoms with Crippen LogP contribution in [0.25, 0.3) is 16.7 Å². The van der Waals surface area contributed by atoms with Crippen molar-refractivity contribution < 1.29 is 4.79 Å². The molecule has 0 N–H and O–H groups in total. The molecule has 1 atom stereocenters. The number of nitrogens with zero attached hydrogens (tertiary/aromatic N) is 6. The van der Waals surface area contributed by atoms with Crippen LogP contribution in [-0.4, -0.2) is 62.1 Å². The lowest BCUT2D eigenvalue weighted by Crippen LogP contribution is -2.49. The van der Waals surface area contributed by atoms with Crippen molar-refractivity contribution in [2.75, 3.05) is 36.8 Å². The van der Waals surface area contributed by atoms with E-state index in [-0.39, 0.29) is 17.5 Å². The first kappa shape index (κ1) is 21.0. The highest BCUT2D eigenvalue weighted by atomic mass is 32.2. The number of anilines is 1. The standard InChI is InChI=1S/C25H24N6O2S/c32-22(29-13-11-28(12-14-29)18-7-3-1-4-8-18)15-20-17-34-25-27-23-21(24(33)30(20)25)16-26-31(23)19-9-5-2-6-10-19/h1-10,16,20H,11-15,17H2. The summed E-state index contributed by atoms with van der Waals surface area (Å²) in [5.41, 5.74) is 2.48. The number of aromatic nitrogens is 4. The summed E-state index contributed by atoms with van der Waals surface area (Å²) in [7, 11) is 0. The van der Waals surface area contributed by atoms with Gasteiger partial charge in [0.1, 0.15) is 5.39 Å². The molecule has 0 saturated carbocycles. The molecule has 2 aromatic heterocycles. The van der Waals surface area contributed by atoms with Gasteiger partial charge in [0.05, 0.1) is 17.9 Å². The molecule has 0 bridgehead atoms. The van der Waals surface area contributed by atoms with E-state index in [1.165, 1.54) is 17.4 Å². The number of hydrogen-bond donors (Lipinski definition) is 0. The molecule has 0 aliphatic carbocycles. The molecule has 6 rings (SSSR count). The fraction of sp³-hybridized carbons (Fsp3) is 0.280. The predicted octanol–water partition coefficient (Wildman–Crippen LogP) is 2.97. The molecule has 172 valence electrons. The maximum atomic E-state index is 13.4. The first-order valence-corrected chi connectivity index (χ1v) is 12.4. The van der Waals surface area contributed by atoms with Gasteiger partial charge in [0.15, 0.2) is 10.8 Å². The molecule has 1 unspecified atom stereocenters. The van der Waals surface area contributed by atoms with Crippen LogP contribution >= 0.6 is 11.8 Å². The van der Waals surface area contributed by atoms with Crippen LogP contribution in [-0.2, 0) is 4.79 Å². The summed E-state index contributed by atoms with van der Waals surface area (Å²) < 4.78 is 3.39. The second kappa shape index (κ2) is 8.64. The third-order valence-electron chi connectivity index (χ3n) is 6.54. The molecule has 0 radical (unpaired) electrons. The zero-order valence-electron chi connectivity index (χ0n) is 18.6. The van der Waals surface area contributed by atoms with Crippen LogP contribution in [0.3, 0.4) is 0 Å². The SMILES string of the molecule is O=C(CC1CSc2nc3c(cnn3-c3ccccc3)c(=O)n21)N1CCN(c2ccccc2)CC1. The minimum atomic E-state index is -0.191. The van der Waals surface area contributed by atoms with E-state index in [9.17, 15) is 9.59 Å². The minimum Gasteiger partial charge on any atom is -0.368 e. The molecule has 4 heterocycles. The molecule has 0 spiro atoms. The van der Waals surface area contributed by atoms with Crippen molar-refractivity contribution in [3.05, 3.63) is 77.2 Å². The van der Waals surface area contributed by atoms with Crippen molar-refractivity contribution in [1.29, 1.82) is 0 Å². The van der Waals surface area contributed by atoms with Crippen molar-refractivity contribution in [3.8, 4) is 5.69 Å². The van der Waals surface area contributed by atoms with Crippen LogP contribution < -0.4 is 10.5 Å². The second-order valence-electron chi connectivity index (χ2n) is 8.57. The smallest absolute Gasteiger partial charge is 0.265 e. The number of benzene rings is 2. The van der Waals surface area contributed by atoms with Gasteiger partial charge in [-0.2, -0.15) is 5.10 Å². The van der Waals surface area contributed by atoms with E-state index in [1.807, 2.05) is 53.4 Å². The fourth-order valence-electron chi connectivity index (χ4n) is 4.72. The first-order chi connectivity index (χ1) is 16.7. The Labute approximate surface area is 200 Å². The molecular weight excluding hydrogens is 448 g/mol. The third kappa shape index (κ3) is 3.66. The maximum absolute atomic E-state index is 13.4. The number of hydrogen-bond acceptors (Lipinski definition) is 6. The molecule has 8 nitrogen and oxygen atoms in total. The molecule has 1 saturated heterocycles. The number of rotatable bonds is 4. The van der Waals surface area contributed by atoms with Crippen LogP contribution in [0.1, 0.15) is 12.5 Å². The van der Waals surface area contributed by atoms with Gasteiger partial charge < -0.3 is 9.80 Å². The van der Waals surface area contributed by atoms with Gasteiger partial charge in [0.25, 0.3) is 5.56 Å². The molecule has 9 heteroatoms. The fourth-order valence-corrected chi connectivity index (χ4v) is 5.85. The molecule has 4 aromatic rings. The molecule has 1 amide bonds. The van der Waals surface area contributed by atoms with E-state index in [2.05, 4.69) is 22.1 Å². The summed E-state index contributed by atoms with van der Waals surface area (Å²) in [6, 6.07) is 19.8. The quantitative estimate of drug-likeness (QED) is 0.425. The minimum absolute atomic E-state index is 0.0955. The normalized spacial score (nSPS) is 17.8. The summed E-state index contributed by atoms with van der Waals surface area (Å²) in [4.78, 5) is 35.5. The number of para-hydroxylation sites is 2. The number of piperazine rings is 1. The van der Waals surface area contributed by atoms with Gasteiger partial charge in [0, 0.05) is 44.0 Å². The third-order valence-corrected chi connectivity index (χ3v) is 7.63. The molecule has 1 fully saturated rings. The number of amides is 1. The topological polar surface area (TPSA) is 76.3 Å². The molecule has 2 aromatic carbocycles. The monoisotopic (exact) mass is 472 g/mol. The number of fused-ring (bicyclic) bond motifs is 2. The Morgan fingerprint density at radius 2 is 1.62 bits per heavy atom.